The number of hydrogen-bond donors (Lipinski definition) is 3. The maximum atomic E-state index is 13.4. The van der Waals surface area contributed by atoms with Crippen molar-refractivity contribution in [2.45, 2.75) is 58.0 Å². The van der Waals surface area contributed by atoms with Crippen molar-refractivity contribution < 1.29 is 19.2 Å². The van der Waals surface area contributed by atoms with Crippen LogP contribution in [0.3, 0.4) is 0 Å². The summed E-state index contributed by atoms with van der Waals surface area (Å²) < 4.78 is 0. The van der Waals surface area contributed by atoms with Crippen LogP contribution in [0.4, 0.5) is 5.69 Å². The molecule has 3 aliphatic rings. The highest BCUT2D eigenvalue weighted by Crippen LogP contribution is 2.54. The quantitative estimate of drug-likeness (QED) is 0.604. The van der Waals surface area contributed by atoms with Crippen molar-refractivity contribution >= 4 is 29.3 Å². The van der Waals surface area contributed by atoms with Gasteiger partial charge in [-0.15, -0.1) is 0 Å². The molecule has 8 nitrogen and oxygen atoms in total. The number of unbranched alkanes of at least 4 members (excludes halogenated alkanes) is 1. The molecule has 1 spiro atoms. The van der Waals surface area contributed by atoms with E-state index in [1.807, 2.05) is 32.9 Å². The van der Waals surface area contributed by atoms with Gasteiger partial charge in [-0.05, 0) is 37.8 Å². The monoisotopic (exact) mass is 412 g/mol. The third-order valence-electron chi connectivity index (χ3n) is 6.95. The fraction of sp³-hybridized carbons (Fsp3) is 0.545. The van der Waals surface area contributed by atoms with Gasteiger partial charge in [0.1, 0.15) is 5.54 Å². The van der Waals surface area contributed by atoms with Crippen LogP contribution in [0.15, 0.2) is 12.1 Å². The molecule has 30 heavy (non-hydrogen) atoms. The first-order chi connectivity index (χ1) is 14.2. The number of rotatable bonds is 6. The lowest BCUT2D eigenvalue weighted by molar-refractivity contribution is -0.143. The molecular formula is C22H28N4O4. The highest BCUT2D eigenvalue weighted by molar-refractivity contribution is 6.15. The third kappa shape index (κ3) is 2.70. The van der Waals surface area contributed by atoms with Crippen molar-refractivity contribution in [3.63, 3.8) is 0 Å². The Kier molecular flexibility index (Phi) is 4.92. The number of anilines is 1. The normalized spacial score (nSPS) is 29.5. The first-order valence-electron chi connectivity index (χ1n) is 10.6. The number of fused-ring (bicyclic) bond motifs is 4. The zero-order chi connectivity index (χ0) is 21.8. The van der Waals surface area contributed by atoms with Crippen LogP contribution in [-0.4, -0.2) is 41.1 Å². The highest BCUT2D eigenvalue weighted by Gasteiger charge is 2.70. The Balaban J connectivity index is 1.83. The van der Waals surface area contributed by atoms with Gasteiger partial charge in [0.15, 0.2) is 0 Å². The van der Waals surface area contributed by atoms with Crippen molar-refractivity contribution in [3.8, 4) is 0 Å². The summed E-state index contributed by atoms with van der Waals surface area (Å²) in [6.07, 6.45) is 1.94. The van der Waals surface area contributed by atoms with Crippen LogP contribution in [0.5, 0.6) is 0 Å². The highest BCUT2D eigenvalue weighted by atomic mass is 16.2. The van der Waals surface area contributed by atoms with Crippen LogP contribution in [0.25, 0.3) is 0 Å². The summed E-state index contributed by atoms with van der Waals surface area (Å²) in [5.41, 5.74) is 7.40. The summed E-state index contributed by atoms with van der Waals surface area (Å²) in [4.78, 5) is 52.8. The Morgan fingerprint density at radius 1 is 1.20 bits per heavy atom. The maximum Gasteiger partial charge on any atom is 0.250 e. The number of nitrogens with two attached hydrogens (primary N) is 1. The number of likely N-dealkylation sites (tertiary alicyclic amines) is 1. The molecule has 160 valence electrons. The predicted molar refractivity (Wildman–Crippen MR) is 110 cm³/mol. The van der Waals surface area contributed by atoms with Gasteiger partial charge >= 0.3 is 0 Å². The van der Waals surface area contributed by atoms with Crippen LogP contribution < -0.4 is 16.4 Å². The molecule has 1 aromatic carbocycles. The zero-order valence-electron chi connectivity index (χ0n) is 17.6. The molecular weight excluding hydrogens is 384 g/mol. The minimum Gasteiger partial charge on any atom is -0.370 e. The molecule has 2 fully saturated rings. The lowest BCUT2D eigenvalue weighted by Gasteiger charge is -2.29. The molecule has 3 aliphatic heterocycles. The van der Waals surface area contributed by atoms with Crippen LogP contribution in [-0.2, 0) is 24.7 Å². The third-order valence-corrected chi connectivity index (χ3v) is 6.95. The van der Waals surface area contributed by atoms with E-state index in [0.717, 1.165) is 17.5 Å². The topological polar surface area (TPSA) is 122 Å². The van der Waals surface area contributed by atoms with Crippen LogP contribution in [0.2, 0.25) is 0 Å². The van der Waals surface area contributed by atoms with E-state index in [0.29, 0.717) is 30.6 Å². The Morgan fingerprint density at radius 3 is 2.60 bits per heavy atom. The first-order valence-corrected chi connectivity index (χ1v) is 10.6. The van der Waals surface area contributed by atoms with Gasteiger partial charge in [-0.1, -0.05) is 25.5 Å². The van der Waals surface area contributed by atoms with Gasteiger partial charge < -0.3 is 11.1 Å². The SMILES string of the molecule is CCCCN1C(=O)[C@@H]2[C@@H](C1=O)[C@@]1(N[C@@H]2CCC(N)=O)C(=O)Nc2c1ccc(C)c2C. The molecule has 4 N–H and O–H groups in total. The Hall–Kier alpha value is -2.74. The number of nitrogens with one attached hydrogen (secondary N) is 2. The van der Waals surface area contributed by atoms with E-state index in [9.17, 15) is 19.2 Å². The fourth-order valence-electron chi connectivity index (χ4n) is 5.26. The van der Waals surface area contributed by atoms with Gasteiger partial charge in [-0.2, -0.15) is 0 Å². The summed E-state index contributed by atoms with van der Waals surface area (Å²) >= 11 is 0. The number of benzene rings is 1. The summed E-state index contributed by atoms with van der Waals surface area (Å²) in [5.74, 6) is -2.89. The molecule has 0 radical (unpaired) electrons. The summed E-state index contributed by atoms with van der Waals surface area (Å²) in [7, 11) is 0. The fourth-order valence-corrected chi connectivity index (χ4v) is 5.26. The van der Waals surface area contributed by atoms with Crippen molar-refractivity contribution in [2.24, 2.45) is 17.6 Å². The Bertz CT molecular complexity index is 959. The van der Waals surface area contributed by atoms with Crippen LogP contribution in [0.1, 0.15) is 49.3 Å². The minimum atomic E-state index is -1.31. The molecule has 8 heteroatoms. The van der Waals surface area contributed by atoms with Crippen molar-refractivity contribution in [1.29, 1.82) is 0 Å². The van der Waals surface area contributed by atoms with Gasteiger partial charge in [0.05, 0.1) is 11.8 Å². The Labute approximate surface area is 175 Å². The van der Waals surface area contributed by atoms with Crippen LogP contribution >= 0.6 is 0 Å². The van der Waals surface area contributed by atoms with E-state index in [4.69, 9.17) is 5.73 Å². The van der Waals surface area contributed by atoms with E-state index in [1.165, 1.54) is 4.90 Å². The first kappa shape index (κ1) is 20.5. The molecule has 0 aliphatic carbocycles. The molecule has 3 heterocycles. The second-order valence-electron chi connectivity index (χ2n) is 8.63. The number of carbonyl (C=O) groups excluding carboxylic acids is 4. The number of imide groups is 1. The Morgan fingerprint density at radius 2 is 1.93 bits per heavy atom. The molecule has 0 saturated carbocycles. The van der Waals surface area contributed by atoms with E-state index in [2.05, 4.69) is 10.6 Å². The summed E-state index contributed by atoms with van der Waals surface area (Å²) in [6.45, 7) is 6.24. The summed E-state index contributed by atoms with van der Waals surface area (Å²) in [5, 5.41) is 6.28. The average molecular weight is 412 g/mol. The lowest BCUT2D eigenvalue weighted by atomic mass is 9.76. The number of aryl methyl sites for hydroxylation is 1. The average Bonchev–Trinajstić information content (AvgIpc) is 3.27. The number of primary amides is 1. The van der Waals surface area contributed by atoms with Crippen LogP contribution in [0, 0.1) is 25.7 Å². The van der Waals surface area contributed by atoms with Gasteiger partial charge in [-0.3, -0.25) is 29.4 Å². The second kappa shape index (κ2) is 7.19. The minimum absolute atomic E-state index is 0.0782. The van der Waals surface area contributed by atoms with E-state index in [-0.39, 0.29) is 24.1 Å². The number of amides is 4. The zero-order valence-corrected chi connectivity index (χ0v) is 17.6. The van der Waals surface area contributed by atoms with Gasteiger partial charge in [0.2, 0.25) is 23.6 Å². The van der Waals surface area contributed by atoms with Gasteiger partial charge in [-0.25, -0.2) is 0 Å². The largest absolute Gasteiger partial charge is 0.370 e. The van der Waals surface area contributed by atoms with E-state index in [1.54, 1.807) is 0 Å². The number of hydrogen-bond acceptors (Lipinski definition) is 5. The molecule has 1 aromatic rings. The van der Waals surface area contributed by atoms with Crippen molar-refractivity contribution in [3.05, 3.63) is 28.8 Å². The van der Waals surface area contributed by atoms with Crippen molar-refractivity contribution in [1.82, 2.24) is 10.2 Å². The van der Waals surface area contributed by atoms with Gasteiger partial charge in [0.25, 0.3) is 0 Å². The lowest BCUT2D eigenvalue weighted by Crippen LogP contribution is -2.53. The molecule has 4 atom stereocenters. The predicted octanol–water partition coefficient (Wildman–Crippen LogP) is 1.09. The van der Waals surface area contributed by atoms with Crippen molar-refractivity contribution in [2.75, 3.05) is 11.9 Å². The summed E-state index contributed by atoms with van der Waals surface area (Å²) in [6, 6.07) is 3.31. The molecule has 4 rings (SSSR count). The van der Waals surface area contributed by atoms with E-state index >= 15 is 0 Å². The smallest absolute Gasteiger partial charge is 0.250 e. The molecule has 4 amide bonds. The van der Waals surface area contributed by atoms with Gasteiger partial charge in [0, 0.05) is 30.3 Å². The molecule has 2 saturated heterocycles. The molecule has 0 bridgehead atoms. The standard InChI is InChI=1S/C22H28N4O4/c1-4-5-10-26-19(28)16-14(8-9-15(23)27)25-22(17(16)20(26)29)13-7-6-11(2)12(3)18(13)24-21(22)30/h6-7,14,16-17,25H,4-5,8-10H2,1-3H3,(H2,23,27)(H,24,30)/t14-,16+,17+,22-/m1/s1. The number of nitrogens with zero attached hydrogens (tertiary/aromatic N) is 1. The molecule has 0 aromatic heterocycles. The maximum absolute atomic E-state index is 13.4. The van der Waals surface area contributed by atoms with E-state index < -0.39 is 29.3 Å². The number of carbonyl (C=O) groups is 4. The second-order valence-corrected chi connectivity index (χ2v) is 8.63. The molecule has 0 unspecified atom stereocenters.